The van der Waals surface area contributed by atoms with Gasteiger partial charge in [0.15, 0.2) is 11.5 Å². The number of halogens is 1. The average molecular weight is 381 g/mol. The summed E-state index contributed by atoms with van der Waals surface area (Å²) in [6, 6.07) is 7.38. The normalized spacial score (nSPS) is 12.9. The maximum atomic E-state index is 6.37. The maximum Gasteiger partial charge on any atom is 0.260 e. The van der Waals surface area contributed by atoms with Crippen molar-refractivity contribution in [3.8, 4) is 45.5 Å². The summed E-state index contributed by atoms with van der Waals surface area (Å²) in [7, 11) is 0. The number of nitrogens with zero attached hydrogens (tertiary/aromatic N) is 3. The van der Waals surface area contributed by atoms with Crippen LogP contribution in [0.25, 0.3) is 34.0 Å². The second-order valence-corrected chi connectivity index (χ2v) is 6.33. The first kappa shape index (κ1) is 15.9. The van der Waals surface area contributed by atoms with E-state index in [-0.39, 0.29) is 0 Å². The maximum absolute atomic E-state index is 6.37. The Bertz CT molecular complexity index is 1110. The molecule has 1 aliphatic heterocycles. The highest BCUT2D eigenvalue weighted by Gasteiger charge is 2.21. The molecule has 0 atom stereocenters. The Morgan fingerprint density at radius 2 is 1.78 bits per heavy atom. The van der Waals surface area contributed by atoms with Gasteiger partial charge in [0.2, 0.25) is 5.82 Å². The van der Waals surface area contributed by atoms with E-state index in [1.165, 1.54) is 0 Å². The highest BCUT2D eigenvalue weighted by Crippen LogP contribution is 2.43. The number of hydrogen-bond donors (Lipinski definition) is 1. The van der Waals surface area contributed by atoms with Crippen molar-refractivity contribution in [1.29, 1.82) is 0 Å². The molecule has 0 unspecified atom stereocenters. The van der Waals surface area contributed by atoms with Crippen LogP contribution < -0.4 is 9.47 Å². The van der Waals surface area contributed by atoms with Crippen LogP contribution in [0.5, 0.6) is 11.5 Å². The van der Waals surface area contributed by atoms with Crippen LogP contribution in [0.2, 0.25) is 5.02 Å². The van der Waals surface area contributed by atoms with Crippen LogP contribution in [0.15, 0.2) is 53.6 Å². The standard InChI is InChI=1S/C19H13ClN4O3/c20-15-7-12(8-16-17(15)26-6-5-25-16)13-9-22-10-14(13)19-23-18(24-27-19)11-1-3-21-4-2-11/h1-4,7-10,22H,5-6H2. The second-order valence-electron chi connectivity index (χ2n) is 5.92. The molecule has 0 aliphatic carbocycles. The summed E-state index contributed by atoms with van der Waals surface area (Å²) < 4.78 is 16.7. The van der Waals surface area contributed by atoms with Gasteiger partial charge in [0.25, 0.3) is 5.89 Å². The Morgan fingerprint density at radius 3 is 2.67 bits per heavy atom. The summed E-state index contributed by atoms with van der Waals surface area (Å²) in [6.45, 7) is 0.979. The van der Waals surface area contributed by atoms with Crippen molar-refractivity contribution in [1.82, 2.24) is 20.1 Å². The first-order valence-corrected chi connectivity index (χ1v) is 8.68. The van der Waals surface area contributed by atoms with Gasteiger partial charge in [-0.15, -0.1) is 0 Å². The molecule has 0 bridgehead atoms. The smallest absolute Gasteiger partial charge is 0.260 e. The SMILES string of the molecule is Clc1cc(-c2c[nH]cc2-c2nc(-c3ccncc3)no2)cc2c1OCCO2. The predicted octanol–water partition coefficient (Wildman–Crippen LogP) is 4.22. The molecule has 0 amide bonds. The molecule has 1 aliphatic rings. The van der Waals surface area contributed by atoms with Gasteiger partial charge in [-0.1, -0.05) is 16.8 Å². The van der Waals surface area contributed by atoms with Crippen molar-refractivity contribution >= 4 is 11.6 Å². The third-order valence-corrected chi connectivity index (χ3v) is 4.53. The Morgan fingerprint density at radius 1 is 0.963 bits per heavy atom. The lowest BCUT2D eigenvalue weighted by Crippen LogP contribution is -2.15. The number of ether oxygens (including phenoxy) is 2. The van der Waals surface area contributed by atoms with Crippen LogP contribution >= 0.6 is 11.6 Å². The average Bonchev–Trinajstić information content (AvgIpc) is 3.38. The fraction of sp³-hybridized carbons (Fsp3) is 0.105. The van der Waals surface area contributed by atoms with Gasteiger partial charge in [-0.25, -0.2) is 0 Å². The number of aromatic nitrogens is 4. The number of aromatic amines is 1. The first-order chi connectivity index (χ1) is 13.3. The lowest BCUT2D eigenvalue weighted by molar-refractivity contribution is 0.172. The molecule has 3 aromatic heterocycles. The molecule has 4 heterocycles. The zero-order chi connectivity index (χ0) is 18.2. The van der Waals surface area contributed by atoms with E-state index in [1.54, 1.807) is 12.4 Å². The molecule has 0 fully saturated rings. The molecule has 27 heavy (non-hydrogen) atoms. The van der Waals surface area contributed by atoms with E-state index in [0.717, 1.165) is 22.3 Å². The van der Waals surface area contributed by atoms with Crippen molar-refractivity contribution in [2.24, 2.45) is 0 Å². The molecule has 0 radical (unpaired) electrons. The summed E-state index contributed by atoms with van der Waals surface area (Å²) in [5.41, 5.74) is 3.35. The molecule has 1 aromatic carbocycles. The van der Waals surface area contributed by atoms with Gasteiger partial charge in [0.1, 0.15) is 13.2 Å². The highest BCUT2D eigenvalue weighted by atomic mass is 35.5. The van der Waals surface area contributed by atoms with Crippen LogP contribution in [-0.4, -0.2) is 33.3 Å². The molecule has 0 saturated heterocycles. The Kier molecular flexibility index (Phi) is 3.79. The van der Waals surface area contributed by atoms with Crippen molar-refractivity contribution in [3.63, 3.8) is 0 Å². The molecule has 1 N–H and O–H groups in total. The van der Waals surface area contributed by atoms with Gasteiger partial charge in [-0.2, -0.15) is 4.98 Å². The zero-order valence-electron chi connectivity index (χ0n) is 14.0. The lowest BCUT2D eigenvalue weighted by atomic mass is 10.0. The third-order valence-electron chi connectivity index (χ3n) is 4.25. The Balaban J connectivity index is 1.56. The molecule has 0 spiro atoms. The number of rotatable bonds is 3. The largest absolute Gasteiger partial charge is 0.486 e. The van der Waals surface area contributed by atoms with Gasteiger partial charge in [-0.3, -0.25) is 4.98 Å². The fourth-order valence-corrected chi connectivity index (χ4v) is 3.26. The van der Waals surface area contributed by atoms with Gasteiger partial charge in [-0.05, 0) is 29.8 Å². The summed E-state index contributed by atoms with van der Waals surface area (Å²) in [5.74, 6) is 2.10. The number of hydrogen-bond acceptors (Lipinski definition) is 6. The molecular weight excluding hydrogens is 368 g/mol. The van der Waals surface area contributed by atoms with E-state index in [1.807, 2.05) is 36.7 Å². The monoisotopic (exact) mass is 380 g/mol. The minimum atomic E-state index is 0.407. The number of pyridine rings is 1. The molecule has 4 aromatic rings. The Hall–Kier alpha value is -3.32. The summed E-state index contributed by atoms with van der Waals surface area (Å²) in [5, 5.41) is 4.56. The van der Waals surface area contributed by atoms with Crippen LogP contribution in [0, 0.1) is 0 Å². The van der Waals surface area contributed by atoms with Gasteiger partial charge >= 0.3 is 0 Å². The number of benzene rings is 1. The molecule has 134 valence electrons. The van der Waals surface area contributed by atoms with Gasteiger partial charge in [0.05, 0.1) is 10.6 Å². The minimum Gasteiger partial charge on any atom is -0.486 e. The molecule has 7 nitrogen and oxygen atoms in total. The quantitative estimate of drug-likeness (QED) is 0.572. The van der Waals surface area contributed by atoms with Crippen molar-refractivity contribution < 1.29 is 14.0 Å². The van der Waals surface area contributed by atoms with E-state index in [2.05, 4.69) is 20.1 Å². The van der Waals surface area contributed by atoms with Crippen LogP contribution in [0.1, 0.15) is 0 Å². The van der Waals surface area contributed by atoms with E-state index >= 15 is 0 Å². The van der Waals surface area contributed by atoms with E-state index in [0.29, 0.717) is 41.5 Å². The van der Waals surface area contributed by atoms with Gasteiger partial charge in [0, 0.05) is 35.9 Å². The third kappa shape index (κ3) is 2.82. The zero-order valence-corrected chi connectivity index (χ0v) is 14.7. The van der Waals surface area contributed by atoms with Crippen LogP contribution in [-0.2, 0) is 0 Å². The topological polar surface area (TPSA) is 86.1 Å². The number of nitrogens with one attached hydrogen (secondary N) is 1. The predicted molar refractivity (Wildman–Crippen MR) is 98.8 cm³/mol. The van der Waals surface area contributed by atoms with Crippen molar-refractivity contribution in [2.75, 3.05) is 13.2 Å². The first-order valence-electron chi connectivity index (χ1n) is 8.30. The molecular formula is C19H13ClN4O3. The number of H-pyrrole nitrogens is 1. The lowest BCUT2D eigenvalue weighted by Gasteiger charge is -2.20. The minimum absolute atomic E-state index is 0.407. The van der Waals surface area contributed by atoms with Crippen LogP contribution in [0.3, 0.4) is 0 Å². The second kappa shape index (κ2) is 6.44. The van der Waals surface area contributed by atoms with E-state index < -0.39 is 0 Å². The fourth-order valence-electron chi connectivity index (χ4n) is 3.00. The van der Waals surface area contributed by atoms with Crippen LogP contribution in [0.4, 0.5) is 0 Å². The van der Waals surface area contributed by atoms with Crippen molar-refractivity contribution in [3.05, 3.63) is 54.1 Å². The molecule has 8 heteroatoms. The molecule has 5 rings (SSSR count). The summed E-state index contributed by atoms with van der Waals surface area (Å²) in [6.07, 6.45) is 7.03. The van der Waals surface area contributed by atoms with Crippen molar-refractivity contribution in [2.45, 2.75) is 0 Å². The van der Waals surface area contributed by atoms with E-state index in [4.69, 9.17) is 25.6 Å². The number of fused-ring (bicyclic) bond motifs is 1. The Labute approximate surface area is 158 Å². The van der Waals surface area contributed by atoms with E-state index in [9.17, 15) is 0 Å². The summed E-state index contributed by atoms with van der Waals surface area (Å²) in [4.78, 5) is 11.6. The summed E-state index contributed by atoms with van der Waals surface area (Å²) >= 11 is 6.37. The van der Waals surface area contributed by atoms with Gasteiger partial charge < -0.3 is 19.0 Å². The highest BCUT2D eigenvalue weighted by molar-refractivity contribution is 6.32. The molecule has 0 saturated carbocycles.